The summed E-state index contributed by atoms with van der Waals surface area (Å²) < 4.78 is 5.37. The van der Waals surface area contributed by atoms with Gasteiger partial charge in [0.05, 0.1) is 19.8 Å². The molecule has 2 heterocycles. The van der Waals surface area contributed by atoms with E-state index in [1.807, 2.05) is 0 Å². The van der Waals surface area contributed by atoms with Crippen LogP contribution in [0.3, 0.4) is 0 Å². The first-order chi connectivity index (χ1) is 10.7. The van der Waals surface area contributed by atoms with Crippen molar-refractivity contribution >= 4 is 0 Å². The Morgan fingerprint density at radius 1 is 1.18 bits per heavy atom. The minimum atomic E-state index is -0.761. The Hall–Kier alpha value is -0.600. The first-order valence-electron chi connectivity index (χ1n) is 8.99. The number of fused-ring (bicyclic) bond motifs is 1. The summed E-state index contributed by atoms with van der Waals surface area (Å²) in [6, 6.07) is 0.537. The standard InChI is InChI=1S/C18H30N2O2/c1-2-20-11-9-18(21,16-6-3-4-7-17(16)20)8-5-10-19-12-14-22-15-13-19/h16-17,21H,2-4,6-7,9-15H2,1H3/t16-,17-,18-/m0/s1. The molecule has 124 valence electrons. The average molecular weight is 306 g/mol. The molecular weight excluding hydrogens is 276 g/mol. The summed E-state index contributed by atoms with van der Waals surface area (Å²) in [7, 11) is 0. The van der Waals surface area contributed by atoms with E-state index >= 15 is 0 Å². The quantitative estimate of drug-likeness (QED) is 0.781. The van der Waals surface area contributed by atoms with Crippen LogP contribution in [0.5, 0.6) is 0 Å². The fourth-order valence-electron chi connectivity index (χ4n) is 4.38. The van der Waals surface area contributed by atoms with Crippen LogP contribution in [0.15, 0.2) is 0 Å². The zero-order valence-corrected chi connectivity index (χ0v) is 13.9. The third-order valence-electron chi connectivity index (χ3n) is 5.71. The van der Waals surface area contributed by atoms with Gasteiger partial charge in [-0.05, 0) is 19.4 Å². The van der Waals surface area contributed by atoms with E-state index in [0.29, 0.717) is 12.0 Å². The lowest BCUT2D eigenvalue weighted by Gasteiger charge is -2.50. The minimum absolute atomic E-state index is 0.340. The molecule has 3 rings (SSSR count). The molecule has 3 aliphatic rings. The lowest BCUT2D eigenvalue weighted by molar-refractivity contribution is -0.0766. The highest BCUT2D eigenvalue weighted by atomic mass is 16.5. The predicted molar refractivity (Wildman–Crippen MR) is 87.6 cm³/mol. The van der Waals surface area contributed by atoms with Crippen molar-refractivity contribution in [2.75, 3.05) is 45.9 Å². The smallest absolute Gasteiger partial charge is 0.131 e. The maximum absolute atomic E-state index is 11.2. The summed E-state index contributed by atoms with van der Waals surface area (Å²) in [5, 5.41) is 11.2. The molecule has 1 N–H and O–H groups in total. The molecule has 22 heavy (non-hydrogen) atoms. The van der Waals surface area contributed by atoms with Crippen molar-refractivity contribution in [3.05, 3.63) is 0 Å². The lowest BCUT2D eigenvalue weighted by Crippen LogP contribution is -2.58. The van der Waals surface area contributed by atoms with Crippen molar-refractivity contribution < 1.29 is 9.84 Å². The molecule has 0 spiro atoms. The van der Waals surface area contributed by atoms with Gasteiger partial charge >= 0.3 is 0 Å². The van der Waals surface area contributed by atoms with Crippen molar-refractivity contribution in [2.45, 2.75) is 50.7 Å². The average Bonchev–Trinajstić information content (AvgIpc) is 2.57. The van der Waals surface area contributed by atoms with E-state index in [1.54, 1.807) is 0 Å². The first kappa shape index (κ1) is 16.3. The zero-order chi connectivity index (χ0) is 15.4. The Kier molecular flexibility index (Phi) is 5.41. The number of piperidine rings is 1. The highest BCUT2D eigenvalue weighted by Crippen LogP contribution is 2.41. The van der Waals surface area contributed by atoms with Crippen molar-refractivity contribution in [1.29, 1.82) is 0 Å². The molecule has 2 saturated heterocycles. The summed E-state index contributed by atoms with van der Waals surface area (Å²) in [5.74, 6) is 6.91. The third-order valence-corrected chi connectivity index (χ3v) is 5.71. The minimum Gasteiger partial charge on any atom is -0.379 e. The molecule has 3 fully saturated rings. The molecule has 0 aromatic heterocycles. The van der Waals surface area contributed by atoms with Gasteiger partial charge in [0.25, 0.3) is 0 Å². The molecule has 2 aliphatic heterocycles. The van der Waals surface area contributed by atoms with E-state index in [-0.39, 0.29) is 0 Å². The number of hydrogen-bond donors (Lipinski definition) is 1. The highest BCUT2D eigenvalue weighted by Gasteiger charge is 2.46. The molecule has 0 aromatic rings. The van der Waals surface area contributed by atoms with Crippen LogP contribution in [0, 0.1) is 17.8 Å². The Morgan fingerprint density at radius 3 is 2.73 bits per heavy atom. The Morgan fingerprint density at radius 2 is 1.95 bits per heavy atom. The van der Waals surface area contributed by atoms with Crippen LogP contribution in [0.25, 0.3) is 0 Å². The summed E-state index contributed by atoms with van der Waals surface area (Å²) in [4.78, 5) is 4.88. The normalized spacial score (nSPS) is 37.2. The topological polar surface area (TPSA) is 35.9 Å². The van der Waals surface area contributed by atoms with Crippen LogP contribution < -0.4 is 0 Å². The molecular formula is C18H30N2O2. The largest absolute Gasteiger partial charge is 0.379 e. The van der Waals surface area contributed by atoms with Gasteiger partial charge in [0, 0.05) is 38.0 Å². The van der Waals surface area contributed by atoms with Gasteiger partial charge in [-0.3, -0.25) is 4.90 Å². The monoisotopic (exact) mass is 306 g/mol. The summed E-state index contributed by atoms with van der Waals surface area (Å²) in [6.45, 7) is 8.62. The predicted octanol–water partition coefficient (Wildman–Crippen LogP) is 1.34. The van der Waals surface area contributed by atoms with E-state index in [0.717, 1.165) is 58.8 Å². The van der Waals surface area contributed by atoms with Crippen LogP contribution in [0.1, 0.15) is 39.0 Å². The molecule has 1 aliphatic carbocycles. The van der Waals surface area contributed by atoms with Gasteiger partial charge in [-0.25, -0.2) is 0 Å². The second kappa shape index (κ2) is 7.31. The highest BCUT2D eigenvalue weighted by molar-refractivity contribution is 5.20. The molecule has 0 radical (unpaired) electrons. The number of rotatable bonds is 2. The molecule has 0 unspecified atom stereocenters. The third kappa shape index (κ3) is 3.49. The molecule has 0 bridgehead atoms. The lowest BCUT2D eigenvalue weighted by atomic mass is 9.69. The first-order valence-corrected chi connectivity index (χ1v) is 8.99. The van der Waals surface area contributed by atoms with Gasteiger partial charge in [-0.2, -0.15) is 0 Å². The molecule has 0 amide bonds. The summed E-state index contributed by atoms with van der Waals surface area (Å²) >= 11 is 0. The van der Waals surface area contributed by atoms with E-state index in [4.69, 9.17) is 4.74 Å². The van der Waals surface area contributed by atoms with Crippen molar-refractivity contribution in [1.82, 2.24) is 9.80 Å². The van der Waals surface area contributed by atoms with E-state index in [1.165, 1.54) is 19.3 Å². The van der Waals surface area contributed by atoms with Crippen LogP contribution in [0.2, 0.25) is 0 Å². The van der Waals surface area contributed by atoms with Crippen LogP contribution in [-0.2, 0) is 4.74 Å². The summed E-state index contributed by atoms with van der Waals surface area (Å²) in [6.07, 6.45) is 5.70. The van der Waals surface area contributed by atoms with Gasteiger partial charge in [-0.15, -0.1) is 0 Å². The maximum Gasteiger partial charge on any atom is 0.131 e. The molecule has 0 aromatic carbocycles. The van der Waals surface area contributed by atoms with Crippen molar-refractivity contribution in [2.24, 2.45) is 5.92 Å². The van der Waals surface area contributed by atoms with Gasteiger partial charge < -0.3 is 14.7 Å². The molecule has 1 saturated carbocycles. The Labute approximate surface area is 134 Å². The molecule has 3 atom stereocenters. The van der Waals surface area contributed by atoms with Gasteiger partial charge in [0.1, 0.15) is 5.60 Å². The van der Waals surface area contributed by atoms with E-state index in [9.17, 15) is 5.11 Å². The molecule has 4 nitrogen and oxygen atoms in total. The van der Waals surface area contributed by atoms with Gasteiger partial charge in [-0.1, -0.05) is 31.6 Å². The van der Waals surface area contributed by atoms with Crippen LogP contribution in [-0.4, -0.2) is 72.5 Å². The van der Waals surface area contributed by atoms with Crippen molar-refractivity contribution in [3.8, 4) is 11.8 Å². The number of morpholine rings is 1. The second-order valence-electron chi connectivity index (χ2n) is 6.95. The number of ether oxygens (including phenoxy) is 1. The number of hydrogen-bond acceptors (Lipinski definition) is 4. The maximum atomic E-state index is 11.2. The van der Waals surface area contributed by atoms with Crippen LogP contribution >= 0.6 is 0 Å². The molecule has 4 heteroatoms. The number of aliphatic hydroxyl groups is 1. The Balaban J connectivity index is 1.65. The SMILES string of the molecule is CCN1CC[C@@](O)(C#CCN2CCOCC2)[C@H]2CCCC[C@@H]21. The Bertz CT molecular complexity index is 425. The van der Waals surface area contributed by atoms with Gasteiger partial charge in [0.15, 0.2) is 0 Å². The van der Waals surface area contributed by atoms with E-state index in [2.05, 4.69) is 28.6 Å². The number of likely N-dealkylation sites (tertiary alicyclic amines) is 1. The zero-order valence-electron chi connectivity index (χ0n) is 13.9. The summed E-state index contributed by atoms with van der Waals surface area (Å²) in [5.41, 5.74) is -0.761. The van der Waals surface area contributed by atoms with Crippen molar-refractivity contribution in [3.63, 3.8) is 0 Å². The second-order valence-corrected chi connectivity index (χ2v) is 6.95. The van der Waals surface area contributed by atoms with Crippen LogP contribution in [0.4, 0.5) is 0 Å². The fourth-order valence-corrected chi connectivity index (χ4v) is 4.38. The van der Waals surface area contributed by atoms with E-state index < -0.39 is 5.60 Å². The number of nitrogens with zero attached hydrogens (tertiary/aromatic N) is 2. The fraction of sp³-hybridized carbons (Fsp3) is 0.889. The van der Waals surface area contributed by atoms with Gasteiger partial charge in [0.2, 0.25) is 0 Å².